The van der Waals surface area contributed by atoms with E-state index in [0.717, 1.165) is 42.3 Å². The number of pyridine rings is 1. The fourth-order valence-electron chi connectivity index (χ4n) is 3.68. The highest BCUT2D eigenvalue weighted by atomic mass is 127. The Morgan fingerprint density at radius 3 is 2.87 bits per heavy atom. The van der Waals surface area contributed by atoms with E-state index in [1.165, 1.54) is 6.07 Å². The maximum atomic E-state index is 14.0. The van der Waals surface area contributed by atoms with Crippen LogP contribution in [0, 0.1) is 5.82 Å². The molecule has 0 aliphatic carbocycles. The van der Waals surface area contributed by atoms with Gasteiger partial charge in [0.2, 0.25) is 0 Å². The second-order valence-electron chi connectivity index (χ2n) is 7.16. The zero-order chi connectivity index (χ0) is 20.2. The molecule has 0 saturated carbocycles. The van der Waals surface area contributed by atoms with E-state index in [2.05, 4.69) is 31.2 Å². The predicted octanol–water partition coefficient (Wildman–Crippen LogP) is 3.06. The third kappa shape index (κ3) is 4.82. The second-order valence-corrected chi connectivity index (χ2v) is 7.16. The number of benzene rings is 1. The molecule has 1 atom stereocenters. The third-order valence-corrected chi connectivity index (χ3v) is 5.17. The van der Waals surface area contributed by atoms with Crippen LogP contribution in [0.15, 0.2) is 47.6 Å². The number of nitrogens with one attached hydrogen (secondary N) is 2. The lowest BCUT2D eigenvalue weighted by atomic mass is 10.3. The molecule has 1 unspecified atom stereocenters. The molecule has 1 aromatic carbocycles. The number of guanidine groups is 1. The summed E-state index contributed by atoms with van der Waals surface area (Å²) in [5.74, 6) is 1.79. The molecular formula is C21H27FIN7. The van der Waals surface area contributed by atoms with Crippen LogP contribution in [0.4, 0.5) is 10.2 Å². The highest BCUT2D eigenvalue weighted by Crippen LogP contribution is 2.21. The van der Waals surface area contributed by atoms with E-state index in [1.807, 2.05) is 37.1 Å². The van der Waals surface area contributed by atoms with E-state index in [9.17, 15) is 4.39 Å². The Bertz CT molecular complexity index is 1020. The van der Waals surface area contributed by atoms with Crippen molar-refractivity contribution in [3.8, 4) is 0 Å². The predicted molar refractivity (Wildman–Crippen MR) is 129 cm³/mol. The van der Waals surface area contributed by atoms with Gasteiger partial charge in [-0.05, 0) is 37.6 Å². The highest BCUT2D eigenvalue weighted by Gasteiger charge is 2.26. The lowest BCUT2D eigenvalue weighted by Gasteiger charge is -2.19. The second kappa shape index (κ2) is 10.1. The third-order valence-electron chi connectivity index (χ3n) is 5.17. The van der Waals surface area contributed by atoms with Gasteiger partial charge in [-0.15, -0.1) is 24.0 Å². The number of rotatable bonds is 5. The summed E-state index contributed by atoms with van der Waals surface area (Å²) in [5.41, 5.74) is 2.07. The van der Waals surface area contributed by atoms with Gasteiger partial charge in [-0.1, -0.05) is 12.1 Å². The Morgan fingerprint density at radius 2 is 2.10 bits per heavy atom. The fraction of sp³-hybridized carbons (Fsp3) is 0.381. The first kappa shape index (κ1) is 22.3. The van der Waals surface area contributed by atoms with Crippen molar-refractivity contribution < 1.29 is 4.39 Å². The van der Waals surface area contributed by atoms with E-state index in [1.54, 1.807) is 12.3 Å². The molecule has 0 bridgehead atoms. The minimum absolute atomic E-state index is 0. The van der Waals surface area contributed by atoms with Crippen LogP contribution in [0.3, 0.4) is 0 Å². The quantitative estimate of drug-likeness (QED) is 0.306. The lowest BCUT2D eigenvalue weighted by Crippen LogP contribution is -2.44. The maximum Gasteiger partial charge on any atom is 0.191 e. The molecule has 30 heavy (non-hydrogen) atoms. The van der Waals surface area contributed by atoms with E-state index in [4.69, 9.17) is 4.99 Å². The largest absolute Gasteiger partial charge is 0.357 e. The smallest absolute Gasteiger partial charge is 0.191 e. The van der Waals surface area contributed by atoms with Crippen molar-refractivity contribution in [2.75, 3.05) is 24.5 Å². The molecule has 0 amide bonds. The van der Waals surface area contributed by atoms with Crippen molar-refractivity contribution in [3.05, 3.63) is 54.2 Å². The molecule has 4 rings (SSSR count). The van der Waals surface area contributed by atoms with Gasteiger partial charge < -0.3 is 20.1 Å². The monoisotopic (exact) mass is 523 g/mol. The number of aromatic nitrogens is 3. The molecular weight excluding hydrogens is 496 g/mol. The number of nitrogens with zero attached hydrogens (tertiary/aromatic N) is 5. The first-order valence-corrected chi connectivity index (χ1v) is 9.96. The number of aliphatic imine (C=N–C) groups is 1. The van der Waals surface area contributed by atoms with Crippen LogP contribution in [0.5, 0.6) is 0 Å². The van der Waals surface area contributed by atoms with Gasteiger partial charge in [-0.3, -0.25) is 0 Å². The van der Waals surface area contributed by atoms with Crippen LogP contribution >= 0.6 is 24.0 Å². The van der Waals surface area contributed by atoms with E-state index in [-0.39, 0.29) is 35.8 Å². The summed E-state index contributed by atoms with van der Waals surface area (Å²) in [7, 11) is 2.01. The molecule has 2 N–H and O–H groups in total. The summed E-state index contributed by atoms with van der Waals surface area (Å²) in [6.07, 6.45) is 2.52. The molecule has 1 aliphatic heterocycles. The number of hydrogen-bond donors (Lipinski definition) is 2. The Labute approximate surface area is 192 Å². The molecule has 0 spiro atoms. The van der Waals surface area contributed by atoms with Crippen molar-refractivity contribution >= 4 is 46.8 Å². The van der Waals surface area contributed by atoms with Crippen LogP contribution in [0.25, 0.3) is 11.0 Å². The fourth-order valence-corrected chi connectivity index (χ4v) is 3.68. The van der Waals surface area contributed by atoms with E-state index in [0.29, 0.717) is 18.9 Å². The maximum absolute atomic E-state index is 14.0. The first-order valence-electron chi connectivity index (χ1n) is 9.96. The number of halogens is 2. The minimum Gasteiger partial charge on any atom is -0.357 e. The van der Waals surface area contributed by atoms with Gasteiger partial charge in [-0.2, -0.15) is 0 Å². The molecule has 1 fully saturated rings. The number of anilines is 1. The first-order chi connectivity index (χ1) is 14.2. The number of imidazole rings is 1. The number of aryl methyl sites for hydroxylation is 1. The minimum atomic E-state index is -0.282. The Balaban J connectivity index is 0.00000256. The molecule has 2 aromatic heterocycles. The Hall–Kier alpha value is -2.43. The molecule has 1 aliphatic rings. The molecule has 0 radical (unpaired) electrons. The SMILES string of the molecule is CCNC(=NCc1nc2ccccc2n1C)NC1CCN(c2ncccc2F)C1.I. The van der Waals surface area contributed by atoms with Crippen LogP contribution in [0.1, 0.15) is 19.2 Å². The topological polar surface area (TPSA) is 70.4 Å². The summed E-state index contributed by atoms with van der Waals surface area (Å²) in [5, 5.41) is 6.76. The van der Waals surface area contributed by atoms with E-state index < -0.39 is 0 Å². The van der Waals surface area contributed by atoms with Gasteiger partial charge >= 0.3 is 0 Å². The van der Waals surface area contributed by atoms with Gasteiger partial charge in [-0.25, -0.2) is 19.4 Å². The molecule has 160 valence electrons. The molecule has 7 nitrogen and oxygen atoms in total. The van der Waals surface area contributed by atoms with Crippen molar-refractivity contribution in [1.29, 1.82) is 0 Å². The zero-order valence-corrected chi connectivity index (χ0v) is 19.5. The Kier molecular flexibility index (Phi) is 7.46. The average Bonchev–Trinajstić information content (AvgIpc) is 3.31. The van der Waals surface area contributed by atoms with Crippen LogP contribution in [-0.2, 0) is 13.6 Å². The summed E-state index contributed by atoms with van der Waals surface area (Å²) < 4.78 is 16.1. The van der Waals surface area contributed by atoms with Crippen LogP contribution in [0.2, 0.25) is 0 Å². The van der Waals surface area contributed by atoms with Gasteiger partial charge in [0.05, 0.1) is 11.0 Å². The lowest BCUT2D eigenvalue weighted by molar-refractivity contribution is 0.612. The molecule has 3 aromatic rings. The molecule has 3 heterocycles. The number of para-hydroxylation sites is 2. The highest BCUT2D eigenvalue weighted by molar-refractivity contribution is 14.0. The summed E-state index contributed by atoms with van der Waals surface area (Å²) in [6.45, 7) is 4.72. The summed E-state index contributed by atoms with van der Waals surface area (Å²) >= 11 is 0. The zero-order valence-electron chi connectivity index (χ0n) is 17.2. The van der Waals surface area contributed by atoms with Gasteiger partial charge in [0, 0.05) is 38.9 Å². The summed E-state index contributed by atoms with van der Waals surface area (Å²) in [4.78, 5) is 15.6. The summed E-state index contributed by atoms with van der Waals surface area (Å²) in [6, 6.07) is 11.3. The van der Waals surface area contributed by atoms with Crippen molar-refractivity contribution in [2.24, 2.45) is 12.0 Å². The Morgan fingerprint density at radius 1 is 1.27 bits per heavy atom. The van der Waals surface area contributed by atoms with Gasteiger partial charge in [0.25, 0.3) is 0 Å². The average molecular weight is 523 g/mol. The van der Waals surface area contributed by atoms with Crippen molar-refractivity contribution in [3.63, 3.8) is 0 Å². The van der Waals surface area contributed by atoms with Crippen molar-refractivity contribution in [2.45, 2.75) is 25.9 Å². The van der Waals surface area contributed by atoms with Gasteiger partial charge in [0.15, 0.2) is 17.6 Å². The van der Waals surface area contributed by atoms with Gasteiger partial charge in [0.1, 0.15) is 12.4 Å². The molecule has 1 saturated heterocycles. The standard InChI is InChI=1S/C21H26FN7.HI/c1-3-23-21(25-13-19-27-17-8-4-5-9-18(17)28(19)2)26-15-10-12-29(14-15)20-16(22)7-6-11-24-20;/h4-9,11,15H,3,10,12-14H2,1-2H3,(H2,23,25,26);1H. The van der Waals surface area contributed by atoms with Crippen molar-refractivity contribution in [1.82, 2.24) is 25.2 Å². The number of hydrogen-bond acceptors (Lipinski definition) is 4. The van der Waals surface area contributed by atoms with Crippen LogP contribution < -0.4 is 15.5 Å². The van der Waals surface area contributed by atoms with Crippen LogP contribution in [-0.4, -0.2) is 46.2 Å². The van der Waals surface area contributed by atoms with E-state index >= 15 is 0 Å². The number of fused-ring (bicyclic) bond motifs is 1. The molecule has 9 heteroatoms. The normalized spacial score (nSPS) is 16.6.